The molecule has 1 aromatic heterocycles. The van der Waals surface area contributed by atoms with E-state index in [4.69, 9.17) is 5.73 Å². The molecule has 0 aliphatic rings. The van der Waals surface area contributed by atoms with E-state index in [2.05, 4.69) is 10.2 Å². The van der Waals surface area contributed by atoms with Crippen molar-refractivity contribution in [2.75, 3.05) is 12.3 Å². The molecule has 1 heterocycles. The molecule has 19 heavy (non-hydrogen) atoms. The van der Waals surface area contributed by atoms with Crippen LogP contribution in [0.5, 0.6) is 0 Å². The van der Waals surface area contributed by atoms with Crippen molar-refractivity contribution in [2.45, 2.75) is 19.9 Å². The number of nitrogens with zero attached hydrogens (tertiary/aromatic N) is 2. The first kappa shape index (κ1) is 13.1. The lowest BCUT2D eigenvalue weighted by Crippen LogP contribution is -2.31. The van der Waals surface area contributed by atoms with Crippen LogP contribution in [0.1, 0.15) is 29.4 Å². The van der Waals surface area contributed by atoms with E-state index < -0.39 is 0 Å². The number of hydrogen-bond acceptors (Lipinski definition) is 3. The quantitative estimate of drug-likeness (QED) is 0.806. The van der Waals surface area contributed by atoms with Crippen LogP contribution in [0.15, 0.2) is 36.5 Å². The third-order valence-electron chi connectivity index (χ3n) is 2.84. The van der Waals surface area contributed by atoms with Gasteiger partial charge < -0.3 is 10.6 Å². The average molecular weight is 258 g/mol. The number of nitrogens with one attached hydrogen (secondary N) is 1. The van der Waals surface area contributed by atoms with E-state index in [9.17, 15) is 4.79 Å². The normalized spacial score (nSPS) is 10.4. The van der Waals surface area contributed by atoms with Crippen molar-refractivity contribution in [3.8, 4) is 0 Å². The molecule has 3 N–H and O–H groups in total. The van der Waals surface area contributed by atoms with Gasteiger partial charge in [0, 0.05) is 25.0 Å². The highest BCUT2D eigenvalue weighted by atomic mass is 16.2. The van der Waals surface area contributed by atoms with E-state index in [0.717, 1.165) is 12.0 Å². The molecule has 0 fully saturated rings. The van der Waals surface area contributed by atoms with Crippen LogP contribution >= 0.6 is 0 Å². The lowest BCUT2D eigenvalue weighted by atomic mass is 10.2. The molecule has 0 unspecified atom stereocenters. The first-order valence-electron chi connectivity index (χ1n) is 6.33. The number of carbonyl (C=O) groups is 1. The highest BCUT2D eigenvalue weighted by Crippen LogP contribution is 2.12. The number of benzene rings is 1. The zero-order chi connectivity index (χ0) is 13.7. The van der Waals surface area contributed by atoms with Gasteiger partial charge >= 0.3 is 0 Å². The third-order valence-corrected chi connectivity index (χ3v) is 2.84. The zero-order valence-corrected chi connectivity index (χ0v) is 11.0. The van der Waals surface area contributed by atoms with Crippen LogP contribution in [0, 0.1) is 0 Å². The minimum Gasteiger partial charge on any atom is -0.399 e. The van der Waals surface area contributed by atoms with Gasteiger partial charge in [-0.25, -0.2) is 0 Å². The zero-order valence-electron chi connectivity index (χ0n) is 11.0. The monoisotopic (exact) mass is 258 g/mol. The second-order valence-corrected chi connectivity index (χ2v) is 4.44. The summed E-state index contributed by atoms with van der Waals surface area (Å²) in [5, 5.41) is 6.52. The summed E-state index contributed by atoms with van der Waals surface area (Å²) in [5.74, 6) is -0.0400. The Bertz CT molecular complexity index is 536. The van der Waals surface area contributed by atoms with Crippen LogP contribution in [-0.4, -0.2) is 27.5 Å². The Labute approximate surface area is 112 Å². The van der Waals surface area contributed by atoms with Crippen LogP contribution in [0.4, 0.5) is 5.69 Å². The first-order valence-corrected chi connectivity index (χ1v) is 6.33. The lowest BCUT2D eigenvalue weighted by molar-refractivity contribution is 0.0737. The molecule has 0 atom stereocenters. The summed E-state index contributed by atoms with van der Waals surface area (Å²) in [6.07, 6.45) is 2.49. The van der Waals surface area contributed by atoms with Gasteiger partial charge in [0.05, 0.1) is 0 Å². The van der Waals surface area contributed by atoms with Crippen LogP contribution in [-0.2, 0) is 6.54 Å². The van der Waals surface area contributed by atoms with Gasteiger partial charge in [-0.2, -0.15) is 5.10 Å². The standard InChI is InChI=1S/C14H18N4O/c1-2-8-18(14(19)13-6-7-16-17-13)10-11-4-3-5-12(15)9-11/h3-7,9H,2,8,10,15H2,1H3,(H,16,17). The van der Waals surface area contributed by atoms with E-state index >= 15 is 0 Å². The van der Waals surface area contributed by atoms with Gasteiger partial charge in [-0.05, 0) is 30.2 Å². The molecule has 0 aliphatic heterocycles. The lowest BCUT2D eigenvalue weighted by Gasteiger charge is -2.21. The van der Waals surface area contributed by atoms with Crippen molar-refractivity contribution in [1.82, 2.24) is 15.1 Å². The van der Waals surface area contributed by atoms with Gasteiger partial charge in [0.1, 0.15) is 5.69 Å². The molecule has 0 radical (unpaired) electrons. The SMILES string of the molecule is CCCN(Cc1cccc(N)c1)C(=O)c1ccn[nH]1. The number of hydrogen-bond donors (Lipinski definition) is 2. The topological polar surface area (TPSA) is 75.0 Å². The van der Waals surface area contributed by atoms with E-state index in [1.165, 1.54) is 0 Å². The van der Waals surface area contributed by atoms with Crippen molar-refractivity contribution in [2.24, 2.45) is 0 Å². The van der Waals surface area contributed by atoms with Crippen LogP contribution in [0.25, 0.3) is 0 Å². The Balaban J connectivity index is 2.14. The smallest absolute Gasteiger partial charge is 0.272 e. The number of aromatic amines is 1. The summed E-state index contributed by atoms with van der Waals surface area (Å²) < 4.78 is 0. The number of amides is 1. The summed E-state index contributed by atoms with van der Waals surface area (Å²) in [4.78, 5) is 14.1. The molecular formula is C14H18N4O. The van der Waals surface area contributed by atoms with Crippen LogP contribution < -0.4 is 5.73 Å². The van der Waals surface area contributed by atoms with Crippen molar-refractivity contribution < 1.29 is 4.79 Å². The van der Waals surface area contributed by atoms with Gasteiger partial charge in [-0.3, -0.25) is 9.89 Å². The summed E-state index contributed by atoms with van der Waals surface area (Å²) in [6.45, 7) is 3.30. The van der Waals surface area contributed by atoms with Crippen LogP contribution in [0.3, 0.4) is 0 Å². The van der Waals surface area contributed by atoms with Gasteiger partial charge in [0.2, 0.25) is 0 Å². The Morgan fingerprint density at radius 2 is 2.26 bits per heavy atom. The van der Waals surface area contributed by atoms with Gasteiger partial charge in [0.25, 0.3) is 5.91 Å². The number of H-pyrrole nitrogens is 1. The number of nitrogens with two attached hydrogens (primary N) is 1. The minimum atomic E-state index is -0.0400. The highest BCUT2D eigenvalue weighted by Gasteiger charge is 2.16. The van der Waals surface area contributed by atoms with E-state index in [1.807, 2.05) is 31.2 Å². The number of anilines is 1. The highest BCUT2D eigenvalue weighted by molar-refractivity contribution is 5.92. The molecule has 0 saturated carbocycles. The second-order valence-electron chi connectivity index (χ2n) is 4.44. The molecule has 1 amide bonds. The third kappa shape index (κ3) is 3.34. The van der Waals surface area contributed by atoms with Gasteiger partial charge in [-0.1, -0.05) is 19.1 Å². The maximum Gasteiger partial charge on any atom is 0.272 e. The molecule has 1 aromatic carbocycles. The largest absolute Gasteiger partial charge is 0.399 e. The predicted octanol–water partition coefficient (Wildman–Crippen LogP) is 2.04. The Morgan fingerprint density at radius 3 is 2.89 bits per heavy atom. The Hall–Kier alpha value is -2.30. The van der Waals surface area contributed by atoms with E-state index in [0.29, 0.717) is 24.5 Å². The fraction of sp³-hybridized carbons (Fsp3) is 0.286. The maximum atomic E-state index is 12.3. The van der Waals surface area contributed by atoms with Crippen molar-refractivity contribution in [3.63, 3.8) is 0 Å². The van der Waals surface area contributed by atoms with Crippen molar-refractivity contribution in [3.05, 3.63) is 47.8 Å². The first-order chi connectivity index (χ1) is 9.20. The maximum absolute atomic E-state index is 12.3. The number of carbonyl (C=O) groups excluding carboxylic acids is 1. The fourth-order valence-electron chi connectivity index (χ4n) is 1.98. The van der Waals surface area contributed by atoms with Gasteiger partial charge in [-0.15, -0.1) is 0 Å². The number of aromatic nitrogens is 2. The Morgan fingerprint density at radius 1 is 1.42 bits per heavy atom. The molecule has 0 saturated heterocycles. The fourth-order valence-corrected chi connectivity index (χ4v) is 1.98. The van der Waals surface area contributed by atoms with Crippen molar-refractivity contribution in [1.29, 1.82) is 0 Å². The molecular weight excluding hydrogens is 240 g/mol. The van der Waals surface area contributed by atoms with E-state index in [1.54, 1.807) is 17.2 Å². The van der Waals surface area contributed by atoms with Gasteiger partial charge in [0.15, 0.2) is 0 Å². The summed E-state index contributed by atoms with van der Waals surface area (Å²) >= 11 is 0. The summed E-state index contributed by atoms with van der Waals surface area (Å²) in [6, 6.07) is 9.28. The summed E-state index contributed by atoms with van der Waals surface area (Å²) in [7, 11) is 0. The predicted molar refractivity (Wildman–Crippen MR) is 74.5 cm³/mol. The number of nitrogen functional groups attached to an aromatic ring is 1. The van der Waals surface area contributed by atoms with Crippen molar-refractivity contribution >= 4 is 11.6 Å². The minimum absolute atomic E-state index is 0.0400. The second kappa shape index (κ2) is 6.04. The van der Waals surface area contributed by atoms with Crippen LogP contribution in [0.2, 0.25) is 0 Å². The molecule has 0 bridgehead atoms. The summed E-state index contributed by atoms with van der Waals surface area (Å²) in [5.41, 5.74) is 8.01. The molecule has 5 nitrogen and oxygen atoms in total. The molecule has 0 aliphatic carbocycles. The molecule has 5 heteroatoms. The van der Waals surface area contributed by atoms with E-state index in [-0.39, 0.29) is 5.91 Å². The Kier molecular flexibility index (Phi) is 4.18. The molecule has 2 aromatic rings. The molecule has 0 spiro atoms. The molecule has 2 rings (SSSR count). The average Bonchev–Trinajstić information content (AvgIpc) is 2.91. The number of rotatable bonds is 5. The molecule has 100 valence electrons.